The number of halogens is 3. The standard InChI is InChI=1S/C15H22BrN3O.2ClH/c1-11(17)15(20)19-9-7-18(8-10-19)12(2)13-3-5-14(16)6-4-13;;/h3-6,11-12H,7-10,17H2,1-2H3;2*1H/t11-,12?;;/m1../s1. The summed E-state index contributed by atoms with van der Waals surface area (Å²) in [6.45, 7) is 7.29. The number of amides is 1. The zero-order chi connectivity index (χ0) is 14.7. The Morgan fingerprint density at radius 2 is 1.59 bits per heavy atom. The predicted molar refractivity (Wildman–Crippen MR) is 98.9 cm³/mol. The summed E-state index contributed by atoms with van der Waals surface area (Å²) < 4.78 is 1.10. The number of benzene rings is 1. The van der Waals surface area contributed by atoms with Gasteiger partial charge < -0.3 is 10.6 Å². The van der Waals surface area contributed by atoms with Gasteiger partial charge in [0.05, 0.1) is 6.04 Å². The van der Waals surface area contributed by atoms with Crippen molar-refractivity contribution in [3.63, 3.8) is 0 Å². The molecule has 0 aromatic heterocycles. The van der Waals surface area contributed by atoms with E-state index < -0.39 is 6.04 Å². The second-order valence-electron chi connectivity index (χ2n) is 5.38. The largest absolute Gasteiger partial charge is 0.339 e. The van der Waals surface area contributed by atoms with Crippen molar-refractivity contribution in [3.8, 4) is 0 Å². The van der Waals surface area contributed by atoms with E-state index >= 15 is 0 Å². The van der Waals surface area contributed by atoms with Crippen LogP contribution in [0.1, 0.15) is 25.5 Å². The van der Waals surface area contributed by atoms with Crippen molar-refractivity contribution in [1.82, 2.24) is 9.80 Å². The fraction of sp³-hybridized carbons (Fsp3) is 0.533. The summed E-state index contributed by atoms with van der Waals surface area (Å²) >= 11 is 3.46. The van der Waals surface area contributed by atoms with Crippen LogP contribution in [0.15, 0.2) is 28.7 Å². The highest BCUT2D eigenvalue weighted by molar-refractivity contribution is 9.10. The van der Waals surface area contributed by atoms with Crippen molar-refractivity contribution in [2.75, 3.05) is 26.2 Å². The van der Waals surface area contributed by atoms with Crippen molar-refractivity contribution in [3.05, 3.63) is 34.3 Å². The van der Waals surface area contributed by atoms with Gasteiger partial charge in [-0.05, 0) is 31.5 Å². The van der Waals surface area contributed by atoms with Crippen LogP contribution in [0.4, 0.5) is 0 Å². The van der Waals surface area contributed by atoms with Crippen LogP contribution in [0.5, 0.6) is 0 Å². The zero-order valence-electron chi connectivity index (χ0n) is 12.9. The lowest BCUT2D eigenvalue weighted by Gasteiger charge is -2.38. The highest BCUT2D eigenvalue weighted by Crippen LogP contribution is 2.23. The van der Waals surface area contributed by atoms with Crippen LogP contribution in [0.3, 0.4) is 0 Å². The molecule has 1 saturated heterocycles. The molecule has 7 heteroatoms. The van der Waals surface area contributed by atoms with Gasteiger partial charge >= 0.3 is 0 Å². The van der Waals surface area contributed by atoms with Gasteiger partial charge in [-0.3, -0.25) is 9.69 Å². The molecule has 22 heavy (non-hydrogen) atoms. The van der Waals surface area contributed by atoms with E-state index in [0.717, 1.165) is 30.7 Å². The third kappa shape index (κ3) is 5.39. The molecule has 1 aromatic carbocycles. The molecule has 1 unspecified atom stereocenters. The maximum absolute atomic E-state index is 11.9. The molecule has 0 spiro atoms. The Morgan fingerprint density at radius 3 is 2.05 bits per heavy atom. The Balaban J connectivity index is 0.00000220. The minimum absolute atomic E-state index is 0. The van der Waals surface area contributed by atoms with Gasteiger partial charge in [0.2, 0.25) is 5.91 Å². The van der Waals surface area contributed by atoms with Crippen molar-refractivity contribution >= 4 is 46.7 Å². The molecule has 1 aromatic rings. The number of carbonyl (C=O) groups excluding carboxylic acids is 1. The van der Waals surface area contributed by atoms with Crippen LogP contribution in [-0.4, -0.2) is 47.9 Å². The van der Waals surface area contributed by atoms with Crippen LogP contribution in [0.25, 0.3) is 0 Å². The first-order valence-electron chi connectivity index (χ1n) is 7.03. The van der Waals surface area contributed by atoms with Gasteiger partial charge in [-0.2, -0.15) is 0 Å². The van der Waals surface area contributed by atoms with Gasteiger partial charge in [-0.25, -0.2) is 0 Å². The number of piperazine rings is 1. The van der Waals surface area contributed by atoms with E-state index in [1.807, 2.05) is 4.90 Å². The van der Waals surface area contributed by atoms with Gasteiger partial charge in [0.15, 0.2) is 0 Å². The zero-order valence-corrected chi connectivity index (χ0v) is 16.1. The van der Waals surface area contributed by atoms with E-state index in [2.05, 4.69) is 52.0 Å². The molecule has 1 aliphatic heterocycles. The molecule has 1 aliphatic rings. The van der Waals surface area contributed by atoms with Gasteiger partial charge in [-0.15, -0.1) is 24.8 Å². The van der Waals surface area contributed by atoms with Gasteiger partial charge in [-0.1, -0.05) is 28.1 Å². The van der Waals surface area contributed by atoms with E-state index in [0.29, 0.717) is 6.04 Å². The molecule has 4 nitrogen and oxygen atoms in total. The fourth-order valence-corrected chi connectivity index (χ4v) is 2.83. The molecule has 1 fully saturated rings. The second kappa shape index (κ2) is 9.73. The summed E-state index contributed by atoms with van der Waals surface area (Å²) in [5.41, 5.74) is 6.96. The molecule has 0 saturated carbocycles. The molecule has 1 heterocycles. The Hall–Kier alpha value is -0.330. The monoisotopic (exact) mass is 411 g/mol. The van der Waals surface area contributed by atoms with Crippen LogP contribution < -0.4 is 5.73 Å². The minimum atomic E-state index is -0.398. The Labute approximate surface area is 153 Å². The van der Waals surface area contributed by atoms with E-state index in [-0.39, 0.29) is 30.7 Å². The van der Waals surface area contributed by atoms with Crippen molar-refractivity contribution < 1.29 is 4.79 Å². The van der Waals surface area contributed by atoms with Gasteiger partial charge in [0.25, 0.3) is 0 Å². The molecule has 0 aliphatic carbocycles. The lowest BCUT2D eigenvalue weighted by molar-refractivity contribution is -0.134. The normalized spacial score (nSPS) is 17.9. The van der Waals surface area contributed by atoms with Crippen LogP contribution >= 0.6 is 40.7 Å². The average molecular weight is 413 g/mol. The molecule has 2 N–H and O–H groups in total. The second-order valence-corrected chi connectivity index (χ2v) is 6.29. The van der Waals surface area contributed by atoms with Crippen LogP contribution in [0.2, 0.25) is 0 Å². The van der Waals surface area contributed by atoms with Crippen molar-refractivity contribution in [1.29, 1.82) is 0 Å². The third-order valence-corrected chi connectivity index (χ3v) is 4.44. The number of hydrogen-bond donors (Lipinski definition) is 1. The van der Waals surface area contributed by atoms with Crippen molar-refractivity contribution in [2.24, 2.45) is 5.73 Å². The first kappa shape index (κ1) is 21.7. The van der Waals surface area contributed by atoms with E-state index in [9.17, 15) is 4.79 Å². The Morgan fingerprint density at radius 1 is 1.09 bits per heavy atom. The number of carbonyl (C=O) groups is 1. The number of hydrogen-bond acceptors (Lipinski definition) is 3. The highest BCUT2D eigenvalue weighted by atomic mass is 79.9. The number of rotatable bonds is 3. The number of nitrogens with zero attached hydrogens (tertiary/aromatic N) is 2. The SMILES string of the molecule is CC(c1ccc(Br)cc1)N1CCN(C(=O)[C@@H](C)N)CC1.Cl.Cl. The molecular weight excluding hydrogens is 389 g/mol. The van der Waals surface area contributed by atoms with E-state index in [4.69, 9.17) is 5.73 Å². The lowest BCUT2D eigenvalue weighted by Crippen LogP contribution is -2.52. The Kier molecular flexibility index (Phi) is 9.58. The minimum Gasteiger partial charge on any atom is -0.339 e. The molecule has 0 bridgehead atoms. The molecule has 2 atom stereocenters. The maximum Gasteiger partial charge on any atom is 0.239 e. The van der Waals surface area contributed by atoms with Gasteiger partial charge in [0, 0.05) is 36.7 Å². The first-order chi connectivity index (χ1) is 9.49. The quantitative estimate of drug-likeness (QED) is 0.830. The van der Waals surface area contributed by atoms with Crippen molar-refractivity contribution in [2.45, 2.75) is 25.9 Å². The summed E-state index contributed by atoms with van der Waals surface area (Å²) in [5.74, 6) is 0.0564. The summed E-state index contributed by atoms with van der Waals surface area (Å²) in [6, 6.07) is 8.41. The number of nitrogens with two attached hydrogens (primary N) is 1. The first-order valence-corrected chi connectivity index (χ1v) is 7.82. The predicted octanol–water partition coefficient (Wildman–Crippen LogP) is 2.85. The summed E-state index contributed by atoms with van der Waals surface area (Å²) in [7, 11) is 0. The third-order valence-electron chi connectivity index (χ3n) is 3.92. The molecular formula is C15H24BrCl2N3O. The van der Waals surface area contributed by atoms with Crippen LogP contribution in [-0.2, 0) is 4.79 Å². The topological polar surface area (TPSA) is 49.6 Å². The Bertz CT molecular complexity index is 462. The van der Waals surface area contributed by atoms with E-state index in [1.54, 1.807) is 6.92 Å². The summed E-state index contributed by atoms with van der Waals surface area (Å²) in [4.78, 5) is 16.1. The molecule has 126 valence electrons. The highest BCUT2D eigenvalue weighted by Gasteiger charge is 2.25. The average Bonchev–Trinajstić information content (AvgIpc) is 2.46. The van der Waals surface area contributed by atoms with Gasteiger partial charge in [0.1, 0.15) is 0 Å². The smallest absolute Gasteiger partial charge is 0.239 e. The molecule has 0 radical (unpaired) electrons. The lowest BCUT2D eigenvalue weighted by atomic mass is 10.1. The summed E-state index contributed by atoms with van der Waals surface area (Å²) in [5, 5.41) is 0. The maximum atomic E-state index is 11.9. The fourth-order valence-electron chi connectivity index (χ4n) is 2.57. The summed E-state index contributed by atoms with van der Waals surface area (Å²) in [6.07, 6.45) is 0. The van der Waals surface area contributed by atoms with Crippen LogP contribution in [0, 0.1) is 0 Å². The molecule has 2 rings (SSSR count). The molecule has 1 amide bonds. The van der Waals surface area contributed by atoms with E-state index in [1.165, 1.54) is 5.56 Å².